The van der Waals surface area contributed by atoms with Gasteiger partial charge in [0.25, 0.3) is 5.91 Å². The van der Waals surface area contributed by atoms with Crippen molar-refractivity contribution in [3.8, 4) is 5.75 Å². The minimum atomic E-state index is -0.705. The normalized spacial score (nSPS) is 20.1. The van der Waals surface area contributed by atoms with Crippen molar-refractivity contribution in [3.05, 3.63) is 76.7 Å². The van der Waals surface area contributed by atoms with E-state index >= 15 is 0 Å². The molecule has 0 radical (unpaired) electrons. The zero-order valence-electron chi connectivity index (χ0n) is 22.8. The molecule has 10 heteroatoms. The summed E-state index contributed by atoms with van der Waals surface area (Å²) >= 11 is 0. The Balaban J connectivity index is 1.63. The number of esters is 1. The number of carbonyl (C=O) groups is 3. The van der Waals surface area contributed by atoms with Gasteiger partial charge in [0.1, 0.15) is 11.6 Å². The van der Waals surface area contributed by atoms with Crippen LogP contribution in [-0.2, 0) is 9.53 Å². The summed E-state index contributed by atoms with van der Waals surface area (Å²) in [4.78, 5) is 45.1. The predicted molar refractivity (Wildman–Crippen MR) is 144 cm³/mol. The topological polar surface area (TPSA) is 91.4 Å². The number of amides is 3. The summed E-state index contributed by atoms with van der Waals surface area (Å²) in [6.07, 6.45) is 0. The van der Waals surface area contributed by atoms with Crippen LogP contribution in [0.2, 0.25) is 0 Å². The Morgan fingerprint density at radius 2 is 1.85 bits per heavy atom. The number of nitrogens with zero attached hydrogens (tertiary/aromatic N) is 3. The lowest BCUT2D eigenvalue weighted by molar-refractivity contribution is -0.139. The fourth-order valence-corrected chi connectivity index (χ4v) is 5.18. The van der Waals surface area contributed by atoms with Crippen molar-refractivity contribution in [3.63, 3.8) is 0 Å². The van der Waals surface area contributed by atoms with Crippen LogP contribution in [0.15, 0.2) is 59.8 Å². The monoisotopic (exact) mass is 538 g/mol. The van der Waals surface area contributed by atoms with Crippen LogP contribution in [0.25, 0.3) is 0 Å². The van der Waals surface area contributed by atoms with Crippen LogP contribution in [0, 0.1) is 5.82 Å². The van der Waals surface area contributed by atoms with Crippen LogP contribution in [0.3, 0.4) is 0 Å². The van der Waals surface area contributed by atoms with E-state index in [1.165, 1.54) is 24.3 Å². The van der Waals surface area contributed by atoms with Gasteiger partial charge in [0.05, 0.1) is 25.3 Å². The number of piperazine rings is 1. The van der Waals surface area contributed by atoms with Crippen molar-refractivity contribution in [1.82, 2.24) is 20.0 Å². The fourth-order valence-electron chi connectivity index (χ4n) is 5.18. The number of rotatable bonds is 8. The molecule has 3 amide bonds. The molecule has 0 spiro atoms. The lowest BCUT2D eigenvalue weighted by Gasteiger charge is -2.43. The van der Waals surface area contributed by atoms with Crippen molar-refractivity contribution in [2.24, 2.45) is 0 Å². The van der Waals surface area contributed by atoms with Crippen LogP contribution in [0.1, 0.15) is 42.7 Å². The maximum atomic E-state index is 13.4. The summed E-state index contributed by atoms with van der Waals surface area (Å²) in [5.74, 6) is -0.421. The van der Waals surface area contributed by atoms with E-state index in [4.69, 9.17) is 9.47 Å². The first-order valence-electron chi connectivity index (χ1n) is 13.2. The van der Waals surface area contributed by atoms with Crippen LogP contribution >= 0.6 is 0 Å². The average molecular weight is 539 g/mol. The van der Waals surface area contributed by atoms with Gasteiger partial charge in [0.2, 0.25) is 0 Å². The Bertz CT molecular complexity index is 1250. The third kappa shape index (κ3) is 6.06. The third-order valence-corrected chi connectivity index (χ3v) is 7.11. The summed E-state index contributed by atoms with van der Waals surface area (Å²) < 4.78 is 24.2. The highest BCUT2D eigenvalue weighted by Gasteiger charge is 2.39. The molecular formula is C29H35FN4O5. The van der Waals surface area contributed by atoms with Gasteiger partial charge in [0.15, 0.2) is 0 Å². The van der Waals surface area contributed by atoms with E-state index in [1.54, 1.807) is 36.0 Å². The van der Waals surface area contributed by atoms with Crippen LogP contribution in [-0.4, -0.2) is 85.1 Å². The molecule has 2 heterocycles. The van der Waals surface area contributed by atoms with Crippen LogP contribution in [0.5, 0.6) is 5.75 Å². The molecule has 1 fully saturated rings. The number of hydrogen-bond donors (Lipinski definition) is 1. The number of urea groups is 1. The van der Waals surface area contributed by atoms with Gasteiger partial charge in [-0.25, -0.2) is 14.0 Å². The number of nitrogens with one attached hydrogen (secondary N) is 1. The summed E-state index contributed by atoms with van der Waals surface area (Å²) in [5, 5.41) is 2.97. The second-order valence-corrected chi connectivity index (χ2v) is 9.57. The van der Waals surface area contributed by atoms with E-state index < -0.39 is 12.0 Å². The molecule has 0 saturated carbocycles. The first kappa shape index (κ1) is 28.1. The van der Waals surface area contributed by atoms with Gasteiger partial charge < -0.3 is 19.7 Å². The Morgan fingerprint density at radius 1 is 1.10 bits per heavy atom. The first-order chi connectivity index (χ1) is 18.8. The lowest BCUT2D eigenvalue weighted by atomic mass is 9.93. The van der Waals surface area contributed by atoms with E-state index in [0.717, 1.165) is 0 Å². The summed E-state index contributed by atoms with van der Waals surface area (Å²) in [6, 6.07) is 11.7. The number of halogens is 1. The Labute approximate surface area is 228 Å². The lowest BCUT2D eigenvalue weighted by Crippen LogP contribution is -2.56. The second kappa shape index (κ2) is 12.3. The highest BCUT2D eigenvalue weighted by atomic mass is 19.1. The molecule has 208 valence electrons. The number of methoxy groups -OCH3 is 1. The van der Waals surface area contributed by atoms with E-state index in [1.807, 2.05) is 26.0 Å². The molecule has 1 saturated heterocycles. The van der Waals surface area contributed by atoms with Gasteiger partial charge in [-0.2, -0.15) is 0 Å². The number of carbonyl (C=O) groups excluding carboxylic acids is 3. The smallest absolute Gasteiger partial charge is 0.338 e. The standard InChI is InChI=1S/C29H35FN4O5/c1-5-33-24(18-32-14-15-34(19(3)17-32)27(35)20-10-12-22(30)13-11-20)25(28(36)39-6-2)26(31-29(33)37)21-8-7-9-23(16-21)38-4/h7-13,16,19,26H,5-6,14-15,17-18H2,1-4H3,(H,31,37). The van der Waals surface area contributed by atoms with Gasteiger partial charge in [-0.1, -0.05) is 12.1 Å². The molecule has 0 aliphatic carbocycles. The predicted octanol–water partition coefficient (Wildman–Crippen LogP) is 3.58. The van der Waals surface area contributed by atoms with Crippen molar-refractivity contribution in [2.45, 2.75) is 32.9 Å². The summed E-state index contributed by atoms with van der Waals surface area (Å²) in [7, 11) is 1.56. The van der Waals surface area contributed by atoms with Crippen LogP contribution < -0.4 is 10.1 Å². The maximum Gasteiger partial charge on any atom is 0.338 e. The molecule has 2 aliphatic rings. The van der Waals surface area contributed by atoms with E-state index in [-0.39, 0.29) is 30.4 Å². The molecule has 2 aromatic carbocycles. The molecule has 2 atom stereocenters. The SMILES string of the molecule is CCOC(=O)C1=C(CN2CCN(C(=O)c3ccc(F)cc3)C(C)C2)N(CC)C(=O)NC1c1cccc(OC)c1. The molecular weight excluding hydrogens is 503 g/mol. The van der Waals surface area contributed by atoms with Gasteiger partial charge >= 0.3 is 12.0 Å². The molecule has 4 rings (SSSR count). The van der Waals surface area contributed by atoms with Gasteiger partial charge in [-0.15, -0.1) is 0 Å². The van der Waals surface area contributed by atoms with E-state index in [0.29, 0.717) is 60.9 Å². The van der Waals surface area contributed by atoms with E-state index in [9.17, 15) is 18.8 Å². The molecule has 2 aliphatic heterocycles. The molecule has 2 unspecified atom stereocenters. The largest absolute Gasteiger partial charge is 0.497 e. The highest BCUT2D eigenvalue weighted by Crippen LogP contribution is 2.33. The zero-order chi connectivity index (χ0) is 28.1. The summed E-state index contributed by atoms with van der Waals surface area (Å²) in [5.41, 5.74) is 2.11. The van der Waals surface area contributed by atoms with Crippen LogP contribution in [0.4, 0.5) is 9.18 Å². The van der Waals surface area contributed by atoms with Gasteiger partial charge in [0, 0.05) is 50.0 Å². The molecule has 39 heavy (non-hydrogen) atoms. The second-order valence-electron chi connectivity index (χ2n) is 9.57. The number of benzene rings is 2. The fraction of sp³-hybridized carbons (Fsp3) is 0.414. The zero-order valence-corrected chi connectivity index (χ0v) is 22.8. The maximum absolute atomic E-state index is 13.4. The molecule has 2 aromatic rings. The molecule has 0 bridgehead atoms. The van der Waals surface area contributed by atoms with E-state index in [2.05, 4.69) is 10.2 Å². The molecule has 0 aromatic heterocycles. The Hall–Kier alpha value is -3.92. The van der Waals surface area contributed by atoms with Gasteiger partial charge in [-0.05, 0) is 62.7 Å². The van der Waals surface area contributed by atoms with Gasteiger partial charge in [-0.3, -0.25) is 14.6 Å². The number of likely N-dealkylation sites (N-methyl/N-ethyl adjacent to an activating group) is 1. The number of ether oxygens (including phenoxy) is 2. The highest BCUT2D eigenvalue weighted by molar-refractivity contribution is 5.95. The van der Waals surface area contributed by atoms with Crippen molar-refractivity contribution in [1.29, 1.82) is 0 Å². The Kier molecular flexibility index (Phi) is 8.86. The first-order valence-corrected chi connectivity index (χ1v) is 13.2. The van der Waals surface area contributed by atoms with Crippen molar-refractivity contribution >= 4 is 17.9 Å². The molecule has 9 nitrogen and oxygen atoms in total. The third-order valence-electron chi connectivity index (χ3n) is 7.11. The summed E-state index contributed by atoms with van der Waals surface area (Å²) in [6.45, 7) is 7.99. The van der Waals surface area contributed by atoms with Crippen molar-refractivity contribution in [2.75, 3.05) is 46.4 Å². The molecule has 1 N–H and O–H groups in total. The van der Waals surface area contributed by atoms with Crippen molar-refractivity contribution < 1.29 is 28.2 Å². The quantitative estimate of drug-likeness (QED) is 0.517. The average Bonchev–Trinajstić information content (AvgIpc) is 2.93. The Morgan fingerprint density at radius 3 is 2.49 bits per heavy atom. The number of hydrogen-bond acceptors (Lipinski definition) is 6. The minimum Gasteiger partial charge on any atom is -0.497 e. The minimum absolute atomic E-state index is 0.135.